The first kappa shape index (κ1) is 14.9. The molecule has 1 aromatic carbocycles. The van der Waals surface area contributed by atoms with E-state index in [-0.39, 0.29) is 12.1 Å². The van der Waals surface area contributed by atoms with E-state index in [4.69, 9.17) is 4.74 Å². The molecule has 0 saturated heterocycles. The molecule has 0 aromatic heterocycles. The number of aryl methyl sites for hydroxylation is 1. The molecular formula is C18H27NO2. The van der Waals surface area contributed by atoms with Crippen LogP contribution >= 0.6 is 0 Å². The van der Waals surface area contributed by atoms with Gasteiger partial charge in [-0.15, -0.1) is 0 Å². The van der Waals surface area contributed by atoms with Crippen LogP contribution in [0.1, 0.15) is 50.3 Å². The molecule has 0 aliphatic heterocycles. The highest BCUT2D eigenvalue weighted by molar-refractivity contribution is 5.39. The van der Waals surface area contributed by atoms with Gasteiger partial charge in [0.15, 0.2) is 0 Å². The highest BCUT2D eigenvalue weighted by Gasteiger charge is 2.36. The lowest BCUT2D eigenvalue weighted by Crippen LogP contribution is -2.47. The molecule has 2 aliphatic rings. The van der Waals surface area contributed by atoms with Crippen LogP contribution in [0.2, 0.25) is 0 Å². The van der Waals surface area contributed by atoms with Crippen molar-refractivity contribution in [2.24, 2.45) is 5.92 Å². The minimum atomic E-state index is -0.374. The van der Waals surface area contributed by atoms with E-state index in [1.54, 1.807) is 7.11 Å². The molecule has 2 unspecified atom stereocenters. The van der Waals surface area contributed by atoms with E-state index in [9.17, 15) is 5.11 Å². The van der Waals surface area contributed by atoms with Crippen molar-refractivity contribution in [2.45, 2.75) is 57.7 Å². The van der Waals surface area contributed by atoms with Crippen LogP contribution in [0.5, 0.6) is 5.75 Å². The third-order valence-corrected chi connectivity index (χ3v) is 5.00. The topological polar surface area (TPSA) is 32.7 Å². The Labute approximate surface area is 127 Å². The Kier molecular flexibility index (Phi) is 4.23. The Morgan fingerprint density at radius 3 is 2.67 bits per heavy atom. The van der Waals surface area contributed by atoms with Crippen molar-refractivity contribution < 1.29 is 9.84 Å². The molecule has 0 amide bonds. The maximum absolute atomic E-state index is 10.9. The average molecular weight is 289 g/mol. The summed E-state index contributed by atoms with van der Waals surface area (Å²) in [5.74, 6) is 1.75. The maximum Gasteiger partial charge on any atom is 0.119 e. The van der Waals surface area contributed by atoms with E-state index in [1.807, 2.05) is 12.1 Å². The number of ether oxygens (including phenoxy) is 1. The fourth-order valence-corrected chi connectivity index (χ4v) is 3.56. The number of methoxy groups -OCH3 is 1. The van der Waals surface area contributed by atoms with Gasteiger partial charge < -0.3 is 9.84 Å². The molecule has 0 heterocycles. The first-order valence-corrected chi connectivity index (χ1v) is 8.20. The van der Waals surface area contributed by atoms with Crippen LogP contribution < -0.4 is 4.74 Å². The van der Waals surface area contributed by atoms with E-state index in [2.05, 4.69) is 24.8 Å². The van der Waals surface area contributed by atoms with Gasteiger partial charge in [-0.25, -0.2) is 0 Å². The average Bonchev–Trinajstić information content (AvgIpc) is 3.29. The van der Waals surface area contributed by atoms with E-state index in [1.165, 1.54) is 18.4 Å². The molecule has 2 aliphatic carbocycles. The minimum absolute atomic E-state index is 0.256. The van der Waals surface area contributed by atoms with Crippen molar-refractivity contribution in [3.05, 3.63) is 29.3 Å². The summed E-state index contributed by atoms with van der Waals surface area (Å²) in [6, 6.07) is 6.83. The Bertz CT molecular complexity index is 496. The molecule has 3 nitrogen and oxygen atoms in total. The highest BCUT2D eigenvalue weighted by atomic mass is 16.5. The number of aliphatic hydroxyl groups is 1. The number of hydrogen-bond acceptors (Lipinski definition) is 3. The molecule has 116 valence electrons. The monoisotopic (exact) mass is 289 g/mol. The molecule has 1 saturated carbocycles. The predicted molar refractivity (Wildman–Crippen MR) is 84.6 cm³/mol. The zero-order valence-corrected chi connectivity index (χ0v) is 13.4. The van der Waals surface area contributed by atoms with Gasteiger partial charge in [-0.3, -0.25) is 4.90 Å². The van der Waals surface area contributed by atoms with Gasteiger partial charge in [-0.1, -0.05) is 6.07 Å². The van der Waals surface area contributed by atoms with Crippen molar-refractivity contribution in [1.29, 1.82) is 0 Å². The third-order valence-electron chi connectivity index (χ3n) is 5.00. The zero-order chi connectivity index (χ0) is 15.0. The summed E-state index contributed by atoms with van der Waals surface area (Å²) < 4.78 is 5.30. The first-order valence-electron chi connectivity index (χ1n) is 8.20. The molecule has 21 heavy (non-hydrogen) atoms. The number of nitrogens with zero attached hydrogens (tertiary/aromatic N) is 1. The van der Waals surface area contributed by atoms with Crippen LogP contribution in [0.25, 0.3) is 0 Å². The summed E-state index contributed by atoms with van der Waals surface area (Å²) in [6.07, 6.45) is 4.41. The standard InChI is InChI=1S/C18H27NO2/c1-12(2)19(11-13-4-5-13)17-9-6-14-10-15(21-3)7-8-16(14)18(17)20/h7-8,10,12-13,17-18,20H,4-6,9,11H2,1-3H3. The van der Waals surface area contributed by atoms with E-state index in [0.29, 0.717) is 6.04 Å². The molecule has 3 rings (SSSR count). The van der Waals surface area contributed by atoms with Gasteiger partial charge >= 0.3 is 0 Å². The smallest absolute Gasteiger partial charge is 0.119 e. The summed E-state index contributed by atoms with van der Waals surface area (Å²) in [5.41, 5.74) is 2.33. The van der Waals surface area contributed by atoms with Gasteiger partial charge in [0, 0.05) is 18.6 Å². The van der Waals surface area contributed by atoms with Gasteiger partial charge in [0.2, 0.25) is 0 Å². The second-order valence-corrected chi connectivity index (χ2v) is 6.85. The number of hydrogen-bond donors (Lipinski definition) is 1. The molecule has 0 radical (unpaired) electrons. The Balaban J connectivity index is 1.81. The van der Waals surface area contributed by atoms with Crippen molar-refractivity contribution in [1.82, 2.24) is 4.90 Å². The molecule has 0 spiro atoms. The Hall–Kier alpha value is -1.06. The summed E-state index contributed by atoms with van der Waals surface area (Å²) in [4.78, 5) is 2.52. The van der Waals surface area contributed by atoms with Crippen molar-refractivity contribution >= 4 is 0 Å². The van der Waals surface area contributed by atoms with E-state index in [0.717, 1.165) is 36.6 Å². The maximum atomic E-state index is 10.9. The first-order chi connectivity index (χ1) is 10.1. The van der Waals surface area contributed by atoms with Gasteiger partial charge in [0.1, 0.15) is 5.75 Å². The summed E-state index contributed by atoms with van der Waals surface area (Å²) >= 11 is 0. The van der Waals surface area contributed by atoms with Crippen LogP contribution in [0.3, 0.4) is 0 Å². The van der Waals surface area contributed by atoms with Crippen LogP contribution in [0.4, 0.5) is 0 Å². The molecule has 3 heteroatoms. The zero-order valence-electron chi connectivity index (χ0n) is 13.4. The molecular weight excluding hydrogens is 262 g/mol. The SMILES string of the molecule is COc1ccc2c(c1)CCC(N(CC1CC1)C(C)C)C2O. The lowest BCUT2D eigenvalue weighted by Gasteiger charge is -2.41. The van der Waals surface area contributed by atoms with Gasteiger partial charge in [-0.05, 0) is 68.7 Å². The number of fused-ring (bicyclic) bond motifs is 1. The normalized spacial score (nSPS) is 25.2. The lowest BCUT2D eigenvalue weighted by atomic mass is 9.84. The second-order valence-electron chi connectivity index (χ2n) is 6.85. The van der Waals surface area contributed by atoms with E-state index >= 15 is 0 Å². The van der Waals surface area contributed by atoms with Gasteiger partial charge in [-0.2, -0.15) is 0 Å². The quantitative estimate of drug-likeness (QED) is 0.904. The molecule has 1 aromatic rings. The van der Waals surface area contributed by atoms with Crippen molar-refractivity contribution in [2.75, 3.05) is 13.7 Å². The van der Waals surface area contributed by atoms with Gasteiger partial charge in [0.25, 0.3) is 0 Å². The molecule has 0 bridgehead atoms. The number of rotatable bonds is 5. The molecule has 1 fully saturated rings. The summed E-state index contributed by atoms with van der Waals surface area (Å²) in [5, 5.41) is 10.9. The number of benzene rings is 1. The third kappa shape index (κ3) is 3.09. The predicted octanol–water partition coefficient (Wildman–Crippen LogP) is 3.16. The van der Waals surface area contributed by atoms with Gasteiger partial charge in [0.05, 0.1) is 13.2 Å². The summed E-state index contributed by atoms with van der Waals surface area (Å²) in [7, 11) is 1.69. The Morgan fingerprint density at radius 1 is 1.29 bits per heavy atom. The fourth-order valence-electron chi connectivity index (χ4n) is 3.56. The van der Waals surface area contributed by atoms with E-state index < -0.39 is 0 Å². The van der Waals surface area contributed by atoms with Crippen LogP contribution in [0.15, 0.2) is 18.2 Å². The lowest BCUT2D eigenvalue weighted by molar-refractivity contribution is 0.0165. The largest absolute Gasteiger partial charge is 0.497 e. The number of aliphatic hydroxyl groups excluding tert-OH is 1. The van der Waals surface area contributed by atoms with Crippen molar-refractivity contribution in [3.8, 4) is 5.75 Å². The van der Waals surface area contributed by atoms with Crippen molar-refractivity contribution in [3.63, 3.8) is 0 Å². The highest BCUT2D eigenvalue weighted by Crippen LogP contribution is 2.38. The minimum Gasteiger partial charge on any atom is -0.497 e. The van der Waals surface area contributed by atoms with Crippen LogP contribution in [-0.2, 0) is 6.42 Å². The molecule has 1 N–H and O–H groups in total. The molecule has 2 atom stereocenters. The second kappa shape index (κ2) is 5.98. The summed E-state index contributed by atoms with van der Waals surface area (Å²) in [6.45, 7) is 5.64. The Morgan fingerprint density at radius 2 is 2.05 bits per heavy atom. The van der Waals surface area contributed by atoms with Crippen LogP contribution in [-0.4, -0.2) is 35.7 Å². The van der Waals surface area contributed by atoms with Crippen LogP contribution in [0, 0.1) is 5.92 Å². The fraction of sp³-hybridized carbons (Fsp3) is 0.667.